The fourth-order valence-electron chi connectivity index (χ4n) is 4.29. The highest BCUT2D eigenvalue weighted by atomic mass is 19.4. The zero-order chi connectivity index (χ0) is 28.1. The van der Waals surface area contributed by atoms with Crippen LogP contribution in [0, 0.1) is 11.7 Å². The fraction of sp³-hybridized carbons (Fsp3) is 0.481. The lowest BCUT2D eigenvalue weighted by molar-refractivity contribution is -0.144. The topological polar surface area (TPSA) is 96.9 Å². The van der Waals surface area contributed by atoms with Crippen LogP contribution in [-0.2, 0) is 25.2 Å². The van der Waals surface area contributed by atoms with Gasteiger partial charge in [0.1, 0.15) is 5.82 Å². The summed E-state index contributed by atoms with van der Waals surface area (Å²) in [6.07, 6.45) is 0.633. The van der Waals surface area contributed by atoms with E-state index in [1.807, 2.05) is 36.6 Å². The van der Waals surface area contributed by atoms with Gasteiger partial charge in [-0.2, -0.15) is 13.2 Å². The molecular weight excluding hydrogens is 508 g/mol. The number of nitrogens with one attached hydrogen (secondary N) is 2. The number of carboxylic acid groups (broad SMARTS) is 1. The predicted molar refractivity (Wildman–Crippen MR) is 136 cm³/mol. The van der Waals surface area contributed by atoms with Crippen molar-refractivity contribution in [3.63, 3.8) is 0 Å². The van der Waals surface area contributed by atoms with Gasteiger partial charge in [-0.25, -0.2) is 4.39 Å². The van der Waals surface area contributed by atoms with Crippen molar-refractivity contribution in [3.8, 4) is 0 Å². The van der Waals surface area contributed by atoms with Crippen LogP contribution in [0.1, 0.15) is 49.1 Å². The smallest absolute Gasteiger partial charge is 0.416 e. The summed E-state index contributed by atoms with van der Waals surface area (Å²) in [5, 5.41) is 14.4. The van der Waals surface area contributed by atoms with Crippen molar-refractivity contribution in [1.29, 1.82) is 0 Å². The number of ether oxygens (including phenoxy) is 2. The second kappa shape index (κ2) is 15.3. The van der Waals surface area contributed by atoms with Gasteiger partial charge in [-0.05, 0) is 73.9 Å². The number of amides is 1. The van der Waals surface area contributed by atoms with Crippen LogP contribution in [0.5, 0.6) is 0 Å². The first kappa shape index (κ1) is 31.0. The number of aliphatic carboxylic acids is 1. The Morgan fingerprint density at radius 1 is 1.11 bits per heavy atom. The Bertz CT molecular complexity index is 1010. The van der Waals surface area contributed by atoms with Crippen molar-refractivity contribution >= 4 is 23.8 Å². The predicted octanol–water partition coefficient (Wildman–Crippen LogP) is 5.92. The Morgan fingerprint density at radius 2 is 1.76 bits per heavy atom. The second-order valence-corrected chi connectivity index (χ2v) is 8.87. The number of halogens is 4. The number of carbonyl (C=O) groups is 2. The monoisotopic (exact) mass is 542 g/mol. The maximum absolute atomic E-state index is 12.8. The van der Waals surface area contributed by atoms with Gasteiger partial charge in [-0.15, -0.1) is 0 Å². The van der Waals surface area contributed by atoms with Gasteiger partial charge in [0.2, 0.25) is 6.41 Å². The first-order valence-corrected chi connectivity index (χ1v) is 12.3. The third-order valence-electron chi connectivity index (χ3n) is 6.42. The number of hydrogen-bond donors (Lipinski definition) is 3. The molecule has 3 N–H and O–H groups in total. The van der Waals surface area contributed by atoms with Gasteiger partial charge >= 0.3 is 12.1 Å². The van der Waals surface area contributed by atoms with Crippen molar-refractivity contribution in [2.75, 3.05) is 38.0 Å². The lowest BCUT2D eigenvalue weighted by Crippen LogP contribution is -2.32. The molecule has 1 aliphatic carbocycles. The second-order valence-electron chi connectivity index (χ2n) is 8.87. The Labute approximate surface area is 219 Å². The summed E-state index contributed by atoms with van der Waals surface area (Å²) < 4.78 is 59.3. The summed E-state index contributed by atoms with van der Waals surface area (Å²) in [4.78, 5) is 21.3. The molecule has 0 bridgehead atoms. The van der Waals surface area contributed by atoms with E-state index in [0.29, 0.717) is 18.6 Å². The van der Waals surface area contributed by atoms with Gasteiger partial charge in [-0.1, -0.05) is 12.1 Å². The van der Waals surface area contributed by atoms with Crippen LogP contribution in [-0.4, -0.2) is 51.0 Å². The Balaban J connectivity index is 0.000000232. The average Bonchev–Trinajstić information content (AvgIpc) is 3.50. The first-order valence-electron chi connectivity index (χ1n) is 12.3. The Hall–Kier alpha value is -3.18. The lowest BCUT2D eigenvalue weighted by Gasteiger charge is -2.33. The molecule has 0 spiro atoms. The van der Waals surface area contributed by atoms with Crippen molar-refractivity contribution in [2.24, 2.45) is 5.92 Å². The minimum atomic E-state index is -4.58. The van der Waals surface area contributed by atoms with Crippen molar-refractivity contribution in [3.05, 3.63) is 59.4 Å². The first-order chi connectivity index (χ1) is 18.1. The summed E-state index contributed by atoms with van der Waals surface area (Å²) in [5.41, 5.74) is 0.752. The molecule has 2 aliphatic rings. The number of methoxy groups -OCH3 is 1. The van der Waals surface area contributed by atoms with Crippen LogP contribution < -0.4 is 10.6 Å². The highest BCUT2D eigenvalue weighted by Gasteiger charge is 2.36. The van der Waals surface area contributed by atoms with Crippen molar-refractivity contribution in [1.82, 2.24) is 0 Å². The molecule has 2 fully saturated rings. The molecule has 1 saturated carbocycles. The standard InChI is InChI=1S/C15H21NO3.C8H5F4NO.C4H8O/c1-16-11-5-3-10(4-6-11)14-9-12(19-2)7-8-13(14)15(17)18;9-6-3-5(8(10,11)12)1-2-7(6)13-4-14;1-2-4-5-3-1/h3-6,12-14,16H,7-9H2,1-2H3,(H,17,18);1-4H,(H,13,14);1-4H2/t12-,13?,14+;;/m1../s1. The van der Waals surface area contributed by atoms with Gasteiger partial charge in [0.15, 0.2) is 0 Å². The third kappa shape index (κ3) is 9.60. The molecule has 38 heavy (non-hydrogen) atoms. The average molecular weight is 543 g/mol. The summed E-state index contributed by atoms with van der Waals surface area (Å²) in [6.45, 7) is 2.00. The lowest BCUT2D eigenvalue weighted by atomic mass is 9.74. The highest BCUT2D eigenvalue weighted by molar-refractivity contribution is 5.72. The van der Waals surface area contributed by atoms with Gasteiger partial charge in [-0.3, -0.25) is 9.59 Å². The van der Waals surface area contributed by atoms with Crippen LogP contribution in [0.3, 0.4) is 0 Å². The summed E-state index contributed by atoms with van der Waals surface area (Å²) in [6, 6.07) is 9.89. The minimum Gasteiger partial charge on any atom is -0.481 e. The van der Waals surface area contributed by atoms with Gasteiger partial charge in [0.25, 0.3) is 0 Å². The van der Waals surface area contributed by atoms with Crippen LogP contribution in [0.15, 0.2) is 42.5 Å². The molecule has 2 aromatic carbocycles. The molecule has 0 radical (unpaired) electrons. The van der Waals surface area contributed by atoms with E-state index in [1.165, 1.54) is 12.8 Å². The molecule has 210 valence electrons. The minimum absolute atomic E-state index is 0.0436. The summed E-state index contributed by atoms with van der Waals surface area (Å²) in [5.74, 6) is -2.07. The van der Waals surface area contributed by atoms with E-state index >= 15 is 0 Å². The van der Waals surface area contributed by atoms with Crippen LogP contribution in [0.4, 0.5) is 28.9 Å². The van der Waals surface area contributed by atoms with Gasteiger partial charge < -0.3 is 25.2 Å². The number of carbonyl (C=O) groups excluding carboxylic acids is 1. The number of carboxylic acids is 1. The molecule has 1 saturated heterocycles. The van der Waals surface area contributed by atoms with Gasteiger partial charge in [0, 0.05) is 33.1 Å². The van der Waals surface area contributed by atoms with Crippen LogP contribution in [0.25, 0.3) is 0 Å². The molecule has 1 aliphatic heterocycles. The number of benzene rings is 2. The quantitative estimate of drug-likeness (QED) is 0.310. The van der Waals surface area contributed by atoms with E-state index in [4.69, 9.17) is 9.47 Å². The molecule has 1 amide bonds. The van der Waals surface area contributed by atoms with E-state index in [2.05, 4.69) is 5.32 Å². The van der Waals surface area contributed by atoms with Crippen LogP contribution in [0.2, 0.25) is 0 Å². The van der Waals surface area contributed by atoms with E-state index in [1.54, 1.807) is 7.11 Å². The Morgan fingerprint density at radius 3 is 2.21 bits per heavy atom. The number of hydrogen-bond acceptors (Lipinski definition) is 5. The Kier molecular flexibility index (Phi) is 12.5. The number of anilines is 2. The SMILES string of the molecule is C1CCOC1.CNc1ccc([C@@H]2C[C@H](OC)CCC2C(=O)O)cc1.O=CNc1ccc(C(F)(F)F)cc1F. The number of alkyl halides is 3. The van der Waals surface area contributed by atoms with Crippen LogP contribution >= 0.6 is 0 Å². The zero-order valence-electron chi connectivity index (χ0n) is 21.4. The molecule has 1 unspecified atom stereocenters. The van der Waals surface area contributed by atoms with Crippen molar-refractivity contribution in [2.45, 2.75) is 50.3 Å². The summed E-state index contributed by atoms with van der Waals surface area (Å²) >= 11 is 0. The highest BCUT2D eigenvalue weighted by Crippen LogP contribution is 2.39. The molecule has 4 rings (SSSR count). The van der Waals surface area contributed by atoms with E-state index in [-0.39, 0.29) is 30.0 Å². The normalized spacial score (nSPS) is 20.7. The third-order valence-corrected chi connectivity index (χ3v) is 6.42. The van der Waals surface area contributed by atoms with E-state index in [9.17, 15) is 32.3 Å². The van der Waals surface area contributed by atoms with Crippen molar-refractivity contribution < 1.29 is 41.7 Å². The maximum Gasteiger partial charge on any atom is 0.416 e. The van der Waals surface area contributed by atoms with Gasteiger partial charge in [0.05, 0.1) is 23.3 Å². The molecule has 3 atom stereocenters. The number of rotatable bonds is 6. The van der Waals surface area contributed by atoms with E-state index < -0.39 is 23.5 Å². The molecule has 2 aromatic rings. The molecule has 7 nitrogen and oxygen atoms in total. The molecule has 0 aromatic heterocycles. The maximum atomic E-state index is 12.8. The molecule has 11 heteroatoms. The fourth-order valence-corrected chi connectivity index (χ4v) is 4.29. The molecule has 1 heterocycles. The summed E-state index contributed by atoms with van der Waals surface area (Å²) in [7, 11) is 3.57. The molecular formula is C27H34F4N2O5. The largest absolute Gasteiger partial charge is 0.481 e. The zero-order valence-corrected chi connectivity index (χ0v) is 21.4. The van der Waals surface area contributed by atoms with E-state index in [0.717, 1.165) is 43.4 Å².